The predicted octanol–water partition coefficient (Wildman–Crippen LogP) is 4.52. The van der Waals surface area contributed by atoms with Crippen LogP contribution in [0.15, 0.2) is 66.5 Å². The molecule has 1 fully saturated rings. The van der Waals surface area contributed by atoms with E-state index in [1.807, 2.05) is 6.92 Å². The zero-order valence-corrected chi connectivity index (χ0v) is 21.8. The highest BCUT2D eigenvalue weighted by atomic mass is 16.5. The van der Waals surface area contributed by atoms with E-state index in [-0.39, 0.29) is 17.9 Å². The van der Waals surface area contributed by atoms with Crippen molar-refractivity contribution in [1.29, 1.82) is 0 Å². The molecule has 9 nitrogen and oxygen atoms in total. The number of likely N-dealkylation sites (tertiary alicyclic amines) is 1. The van der Waals surface area contributed by atoms with Gasteiger partial charge in [-0.3, -0.25) is 14.6 Å². The molecule has 0 bridgehead atoms. The van der Waals surface area contributed by atoms with Crippen molar-refractivity contribution in [2.75, 3.05) is 27.9 Å². The highest BCUT2D eigenvalue weighted by Gasteiger charge is 2.46. The summed E-state index contributed by atoms with van der Waals surface area (Å²) in [5.74, 6) is -0.216. The normalized spacial score (nSPS) is 16.4. The molecule has 1 amide bonds. The molecule has 1 saturated heterocycles. The number of amides is 1. The molecule has 0 spiro atoms. The third-order valence-corrected chi connectivity index (χ3v) is 6.23. The number of ether oxygens (including phenoxy) is 4. The Kier molecular flexibility index (Phi) is 8.15. The number of carbonyl (C=O) groups excluding carboxylic acids is 2. The van der Waals surface area contributed by atoms with E-state index in [0.29, 0.717) is 40.7 Å². The number of rotatable bonds is 10. The predicted molar refractivity (Wildman–Crippen MR) is 140 cm³/mol. The quantitative estimate of drug-likeness (QED) is 0.237. The van der Waals surface area contributed by atoms with Gasteiger partial charge in [0.25, 0.3) is 11.7 Å². The molecule has 4 rings (SSSR count). The summed E-state index contributed by atoms with van der Waals surface area (Å²) in [4.78, 5) is 32.3. The topological polar surface area (TPSA) is 107 Å². The van der Waals surface area contributed by atoms with E-state index in [0.717, 1.165) is 12.0 Å². The zero-order chi connectivity index (χ0) is 27.2. The van der Waals surface area contributed by atoms with E-state index in [2.05, 4.69) is 4.98 Å². The second kappa shape index (κ2) is 11.7. The first-order valence-electron chi connectivity index (χ1n) is 12.1. The number of methoxy groups -OCH3 is 3. The van der Waals surface area contributed by atoms with Gasteiger partial charge in [-0.2, -0.15) is 0 Å². The third kappa shape index (κ3) is 5.13. The van der Waals surface area contributed by atoms with Gasteiger partial charge in [0.1, 0.15) is 11.5 Å². The van der Waals surface area contributed by atoms with Gasteiger partial charge in [0.15, 0.2) is 11.5 Å². The Morgan fingerprint density at radius 1 is 0.974 bits per heavy atom. The lowest BCUT2D eigenvalue weighted by atomic mass is 9.94. The maximum atomic E-state index is 13.5. The van der Waals surface area contributed by atoms with E-state index in [9.17, 15) is 14.7 Å². The second-order valence-corrected chi connectivity index (χ2v) is 8.62. The van der Waals surface area contributed by atoms with Crippen LogP contribution < -0.4 is 18.9 Å². The number of pyridine rings is 1. The van der Waals surface area contributed by atoms with Crippen molar-refractivity contribution in [1.82, 2.24) is 9.88 Å². The highest BCUT2D eigenvalue weighted by molar-refractivity contribution is 6.46. The standard InChI is InChI=1S/C29H30N2O7/c1-5-13-38-21-8-6-7-19(14-21)26(32)24-25(20-15-22(35-2)28(37-4)23(16-20)36-3)31(29(34)27(24)33)17-18-9-11-30-12-10-18/h6-12,14-16,25,32H,5,13,17H2,1-4H3/b26-24+. The fourth-order valence-corrected chi connectivity index (χ4v) is 4.44. The van der Waals surface area contributed by atoms with Crippen molar-refractivity contribution in [3.8, 4) is 23.0 Å². The van der Waals surface area contributed by atoms with Crippen LogP contribution in [0, 0.1) is 0 Å². The molecule has 1 aliphatic heterocycles. The van der Waals surface area contributed by atoms with Crippen LogP contribution in [0.4, 0.5) is 0 Å². The first kappa shape index (κ1) is 26.5. The number of benzene rings is 2. The van der Waals surface area contributed by atoms with Gasteiger partial charge in [0, 0.05) is 24.5 Å². The van der Waals surface area contributed by atoms with Crippen LogP contribution in [0.5, 0.6) is 23.0 Å². The monoisotopic (exact) mass is 518 g/mol. The second-order valence-electron chi connectivity index (χ2n) is 8.62. The summed E-state index contributed by atoms with van der Waals surface area (Å²) in [6.07, 6.45) is 4.04. The summed E-state index contributed by atoms with van der Waals surface area (Å²) in [6.45, 7) is 2.61. The van der Waals surface area contributed by atoms with Crippen LogP contribution in [0.25, 0.3) is 5.76 Å². The van der Waals surface area contributed by atoms with Crippen LogP contribution >= 0.6 is 0 Å². The minimum atomic E-state index is -0.933. The molecule has 3 aromatic rings. The molecule has 1 atom stereocenters. The van der Waals surface area contributed by atoms with Crippen LogP contribution in [-0.2, 0) is 16.1 Å². The SMILES string of the molecule is CCCOc1cccc(/C(O)=C2\C(=O)C(=O)N(Cc3ccncc3)C2c2cc(OC)c(OC)c(OC)c2)c1. The van der Waals surface area contributed by atoms with Crippen molar-refractivity contribution in [2.24, 2.45) is 0 Å². The number of hydrogen-bond acceptors (Lipinski definition) is 8. The average molecular weight is 519 g/mol. The summed E-state index contributed by atoms with van der Waals surface area (Å²) in [7, 11) is 4.46. The lowest BCUT2D eigenvalue weighted by Gasteiger charge is -2.26. The summed E-state index contributed by atoms with van der Waals surface area (Å²) in [5, 5.41) is 11.5. The fraction of sp³-hybridized carbons (Fsp3) is 0.276. The summed E-state index contributed by atoms with van der Waals surface area (Å²) < 4.78 is 22.2. The number of aliphatic hydroxyl groups excluding tert-OH is 1. The van der Waals surface area contributed by atoms with Gasteiger partial charge in [0.2, 0.25) is 5.75 Å². The Bertz CT molecular complexity index is 1330. The zero-order valence-electron chi connectivity index (χ0n) is 21.8. The van der Waals surface area contributed by atoms with E-state index in [4.69, 9.17) is 18.9 Å². The first-order chi connectivity index (χ1) is 18.4. The summed E-state index contributed by atoms with van der Waals surface area (Å²) in [6, 6.07) is 12.7. The molecule has 9 heteroatoms. The van der Waals surface area contributed by atoms with Crippen molar-refractivity contribution < 1.29 is 33.6 Å². The Hall–Kier alpha value is -4.53. The Labute approximate surface area is 221 Å². The molecule has 1 unspecified atom stereocenters. The number of nitrogens with zero attached hydrogens (tertiary/aromatic N) is 2. The summed E-state index contributed by atoms with van der Waals surface area (Å²) >= 11 is 0. The smallest absolute Gasteiger partial charge is 0.295 e. The van der Waals surface area contributed by atoms with Gasteiger partial charge in [-0.25, -0.2) is 0 Å². The van der Waals surface area contributed by atoms with Crippen LogP contribution in [0.1, 0.15) is 36.1 Å². The van der Waals surface area contributed by atoms with E-state index < -0.39 is 17.7 Å². The molecule has 198 valence electrons. The minimum Gasteiger partial charge on any atom is -0.507 e. The van der Waals surface area contributed by atoms with Crippen molar-refractivity contribution in [3.63, 3.8) is 0 Å². The van der Waals surface area contributed by atoms with Gasteiger partial charge >= 0.3 is 0 Å². The molecule has 2 heterocycles. The number of aliphatic hydroxyl groups is 1. The molecular weight excluding hydrogens is 488 g/mol. The number of hydrogen-bond donors (Lipinski definition) is 1. The minimum absolute atomic E-state index is 0.0500. The van der Waals surface area contributed by atoms with Crippen LogP contribution in [-0.4, -0.2) is 54.6 Å². The third-order valence-electron chi connectivity index (χ3n) is 6.23. The van der Waals surface area contributed by atoms with Gasteiger partial charge in [-0.1, -0.05) is 19.1 Å². The molecule has 0 aliphatic carbocycles. The summed E-state index contributed by atoms with van der Waals surface area (Å²) in [5.41, 5.74) is 1.59. The molecular formula is C29H30N2O7. The van der Waals surface area contributed by atoms with Crippen molar-refractivity contribution >= 4 is 17.4 Å². The molecule has 0 saturated carbocycles. The van der Waals surface area contributed by atoms with Crippen molar-refractivity contribution in [2.45, 2.75) is 25.9 Å². The van der Waals surface area contributed by atoms with Gasteiger partial charge in [-0.05, 0) is 53.9 Å². The maximum Gasteiger partial charge on any atom is 0.295 e. The molecule has 0 radical (unpaired) electrons. The van der Waals surface area contributed by atoms with E-state index in [1.54, 1.807) is 60.9 Å². The fourth-order valence-electron chi connectivity index (χ4n) is 4.44. The van der Waals surface area contributed by atoms with Gasteiger partial charge < -0.3 is 29.0 Å². The Morgan fingerprint density at radius 3 is 2.26 bits per heavy atom. The van der Waals surface area contributed by atoms with Crippen molar-refractivity contribution in [3.05, 3.63) is 83.2 Å². The number of carbonyl (C=O) groups is 2. The number of ketones is 1. The first-order valence-corrected chi connectivity index (χ1v) is 12.1. The number of Topliss-reactive ketones (excluding diaryl/α,β-unsaturated/α-hetero) is 1. The van der Waals surface area contributed by atoms with Gasteiger partial charge in [0.05, 0.1) is 39.6 Å². The number of aromatic nitrogens is 1. The molecule has 1 N–H and O–H groups in total. The van der Waals surface area contributed by atoms with E-state index in [1.165, 1.54) is 26.2 Å². The van der Waals surface area contributed by atoms with Crippen LogP contribution in [0.3, 0.4) is 0 Å². The van der Waals surface area contributed by atoms with Crippen LogP contribution in [0.2, 0.25) is 0 Å². The Balaban J connectivity index is 1.91. The Morgan fingerprint density at radius 2 is 1.66 bits per heavy atom. The highest BCUT2D eigenvalue weighted by Crippen LogP contribution is 2.46. The lowest BCUT2D eigenvalue weighted by Crippen LogP contribution is -2.29. The maximum absolute atomic E-state index is 13.5. The largest absolute Gasteiger partial charge is 0.507 e. The molecule has 2 aromatic carbocycles. The van der Waals surface area contributed by atoms with E-state index >= 15 is 0 Å². The molecule has 1 aliphatic rings. The molecule has 1 aromatic heterocycles. The lowest BCUT2D eigenvalue weighted by molar-refractivity contribution is -0.140. The molecule has 38 heavy (non-hydrogen) atoms. The average Bonchev–Trinajstić information content (AvgIpc) is 3.20. The van der Waals surface area contributed by atoms with Gasteiger partial charge in [-0.15, -0.1) is 0 Å².